The van der Waals surface area contributed by atoms with E-state index in [1.807, 2.05) is 13.8 Å². The molecule has 0 atom stereocenters. The van der Waals surface area contributed by atoms with Gasteiger partial charge >= 0.3 is 5.97 Å². The molecular weight excluding hydrogens is 196 g/mol. The minimum absolute atomic E-state index is 0.248. The van der Waals surface area contributed by atoms with Crippen LogP contribution in [-0.2, 0) is 9.53 Å². The van der Waals surface area contributed by atoms with Gasteiger partial charge in [-0.1, -0.05) is 15.9 Å². The monoisotopic (exact) mass is 206 g/mol. The first-order valence-corrected chi connectivity index (χ1v) is 4.10. The molecule has 0 saturated carbocycles. The lowest BCUT2D eigenvalue weighted by molar-refractivity contribution is -0.136. The molecule has 0 saturated heterocycles. The molecule has 0 aromatic rings. The van der Waals surface area contributed by atoms with Crippen LogP contribution in [0, 0.1) is 0 Å². The molecule has 0 bridgehead atoms. The highest BCUT2D eigenvalue weighted by atomic mass is 79.9. The summed E-state index contributed by atoms with van der Waals surface area (Å²) >= 11 is 3.00. The number of alkyl halides is 1. The molecule has 0 rings (SSSR count). The first-order valence-electron chi connectivity index (χ1n) is 2.98. The van der Waals surface area contributed by atoms with E-state index in [0.29, 0.717) is 5.76 Å². The summed E-state index contributed by atoms with van der Waals surface area (Å²) in [5.41, 5.74) is 1.02. The average Bonchev–Trinajstić information content (AvgIpc) is 1.87. The number of halogens is 1. The summed E-state index contributed by atoms with van der Waals surface area (Å²) in [6, 6.07) is 0. The summed E-state index contributed by atoms with van der Waals surface area (Å²) in [4.78, 5) is 10.6. The van der Waals surface area contributed by atoms with Crippen LogP contribution in [0.5, 0.6) is 0 Å². The van der Waals surface area contributed by atoms with Gasteiger partial charge in [0.15, 0.2) is 0 Å². The predicted octanol–water partition coefficient (Wildman–Crippen LogP) is 2.24. The van der Waals surface area contributed by atoms with Crippen LogP contribution in [0.2, 0.25) is 0 Å². The molecule has 0 fully saturated rings. The van der Waals surface area contributed by atoms with Crippen molar-refractivity contribution in [3.63, 3.8) is 0 Å². The molecule has 0 spiro atoms. The van der Waals surface area contributed by atoms with Gasteiger partial charge < -0.3 is 4.74 Å². The van der Waals surface area contributed by atoms with E-state index in [9.17, 15) is 4.79 Å². The lowest BCUT2D eigenvalue weighted by atomic mass is 10.3. The second kappa shape index (κ2) is 4.50. The predicted molar refractivity (Wildman–Crippen MR) is 43.9 cm³/mol. The summed E-state index contributed by atoms with van der Waals surface area (Å²) in [6.07, 6.45) is 0. The minimum atomic E-state index is -0.251. The summed E-state index contributed by atoms with van der Waals surface area (Å²) in [5, 5.41) is 0.248. The molecule has 2 nitrogen and oxygen atoms in total. The Balaban J connectivity index is 3.92. The number of ether oxygens (including phenoxy) is 1. The van der Waals surface area contributed by atoms with Crippen LogP contribution < -0.4 is 0 Å². The lowest BCUT2D eigenvalue weighted by Gasteiger charge is -2.02. The van der Waals surface area contributed by atoms with E-state index < -0.39 is 0 Å². The molecule has 0 aliphatic heterocycles. The van der Waals surface area contributed by atoms with Crippen molar-refractivity contribution < 1.29 is 9.53 Å². The highest BCUT2D eigenvalue weighted by Gasteiger charge is 2.00. The maximum Gasteiger partial charge on any atom is 0.321 e. The Bertz CT molecular complexity index is 157. The van der Waals surface area contributed by atoms with Gasteiger partial charge in [-0.05, 0) is 26.3 Å². The second-order valence-corrected chi connectivity index (χ2v) is 2.72. The topological polar surface area (TPSA) is 26.3 Å². The SMILES string of the molecule is CC(C)=C(C)OC(=O)CBr. The molecule has 0 unspecified atom stereocenters. The standard InChI is InChI=1S/C7H11BrO2/c1-5(2)6(3)10-7(9)4-8/h4H2,1-3H3. The largest absolute Gasteiger partial charge is 0.431 e. The van der Waals surface area contributed by atoms with Gasteiger partial charge in [0.25, 0.3) is 0 Å². The molecular formula is C7H11BrO2. The minimum Gasteiger partial charge on any atom is -0.431 e. The molecule has 0 heterocycles. The zero-order chi connectivity index (χ0) is 8.15. The number of esters is 1. The van der Waals surface area contributed by atoms with Gasteiger partial charge in [0.2, 0.25) is 0 Å². The Morgan fingerprint density at radius 3 is 2.20 bits per heavy atom. The molecule has 58 valence electrons. The van der Waals surface area contributed by atoms with Gasteiger partial charge in [0, 0.05) is 0 Å². The molecule has 10 heavy (non-hydrogen) atoms. The van der Waals surface area contributed by atoms with E-state index >= 15 is 0 Å². The molecule has 0 amide bonds. The summed E-state index contributed by atoms with van der Waals surface area (Å²) < 4.78 is 4.85. The van der Waals surface area contributed by atoms with E-state index in [-0.39, 0.29) is 11.3 Å². The summed E-state index contributed by atoms with van der Waals surface area (Å²) in [7, 11) is 0. The maximum absolute atomic E-state index is 10.6. The van der Waals surface area contributed by atoms with Gasteiger partial charge in [-0.3, -0.25) is 4.79 Å². The number of hydrogen-bond acceptors (Lipinski definition) is 2. The van der Waals surface area contributed by atoms with Gasteiger partial charge in [-0.25, -0.2) is 0 Å². The van der Waals surface area contributed by atoms with Gasteiger partial charge in [-0.2, -0.15) is 0 Å². The highest BCUT2D eigenvalue weighted by molar-refractivity contribution is 9.09. The van der Waals surface area contributed by atoms with Crippen LogP contribution in [0.1, 0.15) is 20.8 Å². The number of hydrogen-bond donors (Lipinski definition) is 0. The third-order valence-corrected chi connectivity index (χ3v) is 1.54. The third-order valence-electron chi connectivity index (χ3n) is 1.08. The Morgan fingerprint density at radius 2 is 1.90 bits per heavy atom. The molecule has 3 heteroatoms. The maximum atomic E-state index is 10.6. The van der Waals surface area contributed by atoms with Crippen LogP contribution in [0.4, 0.5) is 0 Å². The van der Waals surface area contributed by atoms with Crippen molar-refractivity contribution in [2.24, 2.45) is 0 Å². The van der Waals surface area contributed by atoms with Gasteiger partial charge in [0.1, 0.15) is 11.1 Å². The highest BCUT2D eigenvalue weighted by Crippen LogP contribution is 2.04. The number of allylic oxidation sites excluding steroid dienone is 2. The number of carbonyl (C=O) groups excluding carboxylic acids is 1. The van der Waals surface area contributed by atoms with E-state index in [1.54, 1.807) is 6.92 Å². The Kier molecular flexibility index (Phi) is 4.36. The Hall–Kier alpha value is -0.310. The third kappa shape index (κ3) is 3.67. The van der Waals surface area contributed by atoms with Crippen LogP contribution in [0.25, 0.3) is 0 Å². The molecule has 0 aromatic carbocycles. The van der Waals surface area contributed by atoms with E-state index in [1.165, 1.54) is 0 Å². The zero-order valence-electron chi connectivity index (χ0n) is 6.40. The Morgan fingerprint density at radius 1 is 1.40 bits per heavy atom. The van der Waals surface area contributed by atoms with E-state index in [2.05, 4.69) is 15.9 Å². The molecule has 0 N–H and O–H groups in total. The fourth-order valence-corrected chi connectivity index (χ4v) is 0.415. The van der Waals surface area contributed by atoms with Crippen molar-refractivity contribution in [2.75, 3.05) is 5.33 Å². The molecule has 0 aliphatic carbocycles. The smallest absolute Gasteiger partial charge is 0.321 e. The number of carbonyl (C=O) groups is 1. The van der Waals surface area contributed by atoms with Gasteiger partial charge in [0.05, 0.1) is 0 Å². The fourth-order valence-electron chi connectivity index (χ4n) is 0.300. The normalized spacial score (nSPS) is 8.80. The first-order chi connectivity index (χ1) is 4.57. The Labute approximate surface area is 69.4 Å². The average molecular weight is 207 g/mol. The summed E-state index contributed by atoms with van der Waals surface area (Å²) in [5.74, 6) is 0.433. The fraction of sp³-hybridized carbons (Fsp3) is 0.571. The van der Waals surface area contributed by atoms with Crippen LogP contribution in [0.3, 0.4) is 0 Å². The van der Waals surface area contributed by atoms with Crippen molar-refractivity contribution in [1.29, 1.82) is 0 Å². The molecule has 0 radical (unpaired) electrons. The van der Waals surface area contributed by atoms with E-state index in [0.717, 1.165) is 5.57 Å². The van der Waals surface area contributed by atoms with Crippen LogP contribution >= 0.6 is 15.9 Å². The lowest BCUT2D eigenvalue weighted by Crippen LogP contribution is -2.03. The molecule has 0 aliphatic rings. The summed E-state index contributed by atoms with van der Waals surface area (Å²) in [6.45, 7) is 5.57. The van der Waals surface area contributed by atoms with Gasteiger partial charge in [-0.15, -0.1) is 0 Å². The van der Waals surface area contributed by atoms with Crippen molar-refractivity contribution in [2.45, 2.75) is 20.8 Å². The van der Waals surface area contributed by atoms with Crippen molar-refractivity contribution in [3.8, 4) is 0 Å². The quantitative estimate of drug-likeness (QED) is 0.394. The van der Waals surface area contributed by atoms with Crippen molar-refractivity contribution in [1.82, 2.24) is 0 Å². The van der Waals surface area contributed by atoms with Crippen molar-refractivity contribution in [3.05, 3.63) is 11.3 Å². The second-order valence-electron chi connectivity index (χ2n) is 2.16. The van der Waals surface area contributed by atoms with Crippen LogP contribution in [-0.4, -0.2) is 11.3 Å². The van der Waals surface area contributed by atoms with E-state index in [4.69, 9.17) is 4.74 Å². The zero-order valence-corrected chi connectivity index (χ0v) is 7.99. The van der Waals surface area contributed by atoms with Crippen LogP contribution in [0.15, 0.2) is 11.3 Å². The number of rotatable bonds is 2. The first kappa shape index (κ1) is 9.69. The van der Waals surface area contributed by atoms with Crippen molar-refractivity contribution >= 4 is 21.9 Å². The molecule has 0 aromatic heterocycles.